The smallest absolute Gasteiger partial charge is 0.143 e. The highest BCUT2D eigenvalue weighted by atomic mass is 35.5. The van der Waals surface area contributed by atoms with E-state index in [0.717, 1.165) is 0 Å². The molecule has 1 N–H and O–H groups in total. The average molecular weight is 254 g/mol. The predicted octanol–water partition coefficient (Wildman–Crippen LogP) is 1.56. The zero-order chi connectivity index (χ0) is 12.4. The third kappa shape index (κ3) is 2.25. The zero-order valence-electron chi connectivity index (χ0n) is 9.46. The summed E-state index contributed by atoms with van der Waals surface area (Å²) in [5, 5.41) is 10.6. The summed E-state index contributed by atoms with van der Waals surface area (Å²) in [5.74, 6) is 1.05. The summed E-state index contributed by atoms with van der Waals surface area (Å²) in [4.78, 5) is 8.04. The van der Waals surface area contributed by atoms with Crippen LogP contribution < -0.4 is 4.74 Å². The van der Waals surface area contributed by atoms with Crippen LogP contribution in [-0.4, -0.2) is 26.8 Å². The minimum Gasteiger partial charge on any atom is -0.495 e. The topological polar surface area (TPSA) is 60.2 Å². The van der Waals surface area contributed by atoms with E-state index in [9.17, 15) is 5.11 Å². The van der Waals surface area contributed by atoms with Crippen LogP contribution in [0.1, 0.15) is 17.5 Å². The number of ether oxygens (including phenoxy) is 1. The van der Waals surface area contributed by atoms with E-state index in [2.05, 4.69) is 9.97 Å². The van der Waals surface area contributed by atoms with Gasteiger partial charge in [0, 0.05) is 18.8 Å². The van der Waals surface area contributed by atoms with Gasteiger partial charge in [-0.25, -0.2) is 4.98 Å². The molecule has 2 heterocycles. The van der Waals surface area contributed by atoms with Crippen molar-refractivity contribution in [1.29, 1.82) is 0 Å². The number of methoxy groups -OCH3 is 1. The van der Waals surface area contributed by atoms with E-state index in [1.165, 1.54) is 6.20 Å². The molecule has 0 saturated heterocycles. The van der Waals surface area contributed by atoms with E-state index in [1.54, 1.807) is 37.2 Å². The number of aromatic nitrogens is 3. The number of pyridine rings is 1. The van der Waals surface area contributed by atoms with E-state index in [-0.39, 0.29) is 0 Å². The molecule has 0 aliphatic heterocycles. The molecule has 5 nitrogen and oxygen atoms in total. The van der Waals surface area contributed by atoms with Crippen molar-refractivity contribution in [2.75, 3.05) is 7.11 Å². The van der Waals surface area contributed by atoms with Crippen LogP contribution in [0.25, 0.3) is 0 Å². The van der Waals surface area contributed by atoms with Crippen molar-refractivity contribution in [3.8, 4) is 5.75 Å². The number of hydrogen-bond donors (Lipinski definition) is 1. The first-order valence-corrected chi connectivity index (χ1v) is 5.35. The van der Waals surface area contributed by atoms with Crippen molar-refractivity contribution < 1.29 is 9.84 Å². The lowest BCUT2D eigenvalue weighted by Crippen LogP contribution is -2.07. The highest BCUT2D eigenvalue weighted by Crippen LogP contribution is 2.24. The van der Waals surface area contributed by atoms with Crippen molar-refractivity contribution in [2.24, 2.45) is 7.05 Å². The Morgan fingerprint density at radius 2 is 2.18 bits per heavy atom. The van der Waals surface area contributed by atoms with Crippen molar-refractivity contribution in [2.45, 2.75) is 6.10 Å². The van der Waals surface area contributed by atoms with Crippen LogP contribution in [0.3, 0.4) is 0 Å². The molecule has 0 aliphatic carbocycles. The summed E-state index contributed by atoms with van der Waals surface area (Å²) in [6.07, 6.45) is 3.75. The quantitative estimate of drug-likeness (QED) is 0.902. The lowest BCUT2D eigenvalue weighted by molar-refractivity contribution is 0.205. The van der Waals surface area contributed by atoms with Crippen LogP contribution in [0.15, 0.2) is 24.7 Å². The van der Waals surface area contributed by atoms with Crippen LogP contribution in [0.5, 0.6) is 5.75 Å². The molecule has 2 aromatic heterocycles. The largest absolute Gasteiger partial charge is 0.495 e. The van der Waals surface area contributed by atoms with E-state index in [0.29, 0.717) is 22.3 Å². The number of imidazole rings is 1. The van der Waals surface area contributed by atoms with Gasteiger partial charge in [-0.05, 0) is 6.07 Å². The van der Waals surface area contributed by atoms with Crippen molar-refractivity contribution in [3.63, 3.8) is 0 Å². The van der Waals surface area contributed by atoms with Crippen LogP contribution in [0.2, 0.25) is 5.15 Å². The lowest BCUT2D eigenvalue weighted by Gasteiger charge is -2.11. The first kappa shape index (κ1) is 11.9. The van der Waals surface area contributed by atoms with E-state index in [1.807, 2.05) is 0 Å². The molecule has 2 rings (SSSR count). The van der Waals surface area contributed by atoms with Crippen molar-refractivity contribution in [1.82, 2.24) is 14.5 Å². The Labute approximate surface area is 104 Å². The molecule has 6 heteroatoms. The maximum atomic E-state index is 10.2. The lowest BCUT2D eigenvalue weighted by atomic mass is 10.1. The van der Waals surface area contributed by atoms with Gasteiger partial charge in [-0.15, -0.1) is 0 Å². The van der Waals surface area contributed by atoms with Crippen LogP contribution in [-0.2, 0) is 7.05 Å². The molecular weight excluding hydrogens is 242 g/mol. The van der Waals surface area contributed by atoms with Gasteiger partial charge < -0.3 is 14.4 Å². The Bertz CT molecular complexity index is 527. The normalized spacial score (nSPS) is 12.5. The first-order chi connectivity index (χ1) is 8.13. The summed E-state index contributed by atoms with van der Waals surface area (Å²) in [6.45, 7) is 0. The molecule has 0 bridgehead atoms. The second kappa shape index (κ2) is 4.73. The standard InChI is InChI=1S/C11H12ClN3O2/c1-15-9(12)6-14-11(15)10(16)7-3-8(17-2)5-13-4-7/h3-6,10,16H,1-2H3. The second-order valence-electron chi connectivity index (χ2n) is 3.56. The highest BCUT2D eigenvalue weighted by Gasteiger charge is 2.17. The third-order valence-electron chi connectivity index (χ3n) is 2.50. The molecule has 0 aromatic carbocycles. The Morgan fingerprint density at radius 3 is 2.76 bits per heavy atom. The minimum atomic E-state index is -0.880. The molecule has 0 fully saturated rings. The zero-order valence-corrected chi connectivity index (χ0v) is 10.2. The Kier molecular flexibility index (Phi) is 3.31. The van der Waals surface area contributed by atoms with Crippen LogP contribution >= 0.6 is 11.6 Å². The molecule has 0 saturated carbocycles. The fourth-order valence-corrected chi connectivity index (χ4v) is 1.64. The molecular formula is C11H12ClN3O2. The molecule has 0 spiro atoms. The van der Waals surface area contributed by atoms with Crippen LogP contribution in [0.4, 0.5) is 0 Å². The number of nitrogens with zero attached hydrogens (tertiary/aromatic N) is 3. The minimum absolute atomic E-state index is 0.463. The molecule has 0 aliphatic rings. The van der Waals surface area contributed by atoms with Gasteiger partial charge in [0.25, 0.3) is 0 Å². The van der Waals surface area contributed by atoms with Gasteiger partial charge >= 0.3 is 0 Å². The van der Waals surface area contributed by atoms with Gasteiger partial charge in [-0.3, -0.25) is 4.98 Å². The number of aliphatic hydroxyl groups excluding tert-OH is 1. The molecule has 0 amide bonds. The van der Waals surface area contributed by atoms with Gasteiger partial charge in [0.05, 0.1) is 19.5 Å². The second-order valence-corrected chi connectivity index (χ2v) is 3.95. The molecule has 90 valence electrons. The van der Waals surface area contributed by atoms with Gasteiger partial charge in [0.15, 0.2) is 0 Å². The number of aliphatic hydroxyl groups is 1. The van der Waals surface area contributed by atoms with E-state index < -0.39 is 6.10 Å². The monoisotopic (exact) mass is 253 g/mol. The number of halogens is 1. The van der Waals surface area contributed by atoms with Gasteiger partial charge in [-0.1, -0.05) is 11.6 Å². The number of rotatable bonds is 3. The molecule has 1 atom stereocenters. The third-order valence-corrected chi connectivity index (χ3v) is 2.85. The molecule has 0 radical (unpaired) electrons. The predicted molar refractivity (Wildman–Crippen MR) is 63.1 cm³/mol. The van der Waals surface area contributed by atoms with Crippen molar-refractivity contribution in [3.05, 3.63) is 41.2 Å². The fraction of sp³-hybridized carbons (Fsp3) is 0.273. The highest BCUT2D eigenvalue weighted by molar-refractivity contribution is 6.29. The maximum absolute atomic E-state index is 10.2. The summed E-state index contributed by atoms with van der Waals surface area (Å²) >= 11 is 5.87. The van der Waals surface area contributed by atoms with Crippen molar-refractivity contribution >= 4 is 11.6 Å². The maximum Gasteiger partial charge on any atom is 0.143 e. The Hall–Kier alpha value is -1.59. The van der Waals surface area contributed by atoms with Gasteiger partial charge in [0.1, 0.15) is 22.8 Å². The number of hydrogen-bond acceptors (Lipinski definition) is 4. The van der Waals surface area contributed by atoms with Gasteiger partial charge in [0.2, 0.25) is 0 Å². The molecule has 1 unspecified atom stereocenters. The summed E-state index contributed by atoms with van der Waals surface area (Å²) in [6, 6.07) is 1.71. The van der Waals surface area contributed by atoms with E-state index in [4.69, 9.17) is 16.3 Å². The average Bonchev–Trinajstić information content (AvgIpc) is 2.69. The summed E-state index contributed by atoms with van der Waals surface area (Å²) in [5.41, 5.74) is 0.606. The first-order valence-electron chi connectivity index (χ1n) is 4.97. The van der Waals surface area contributed by atoms with Crippen LogP contribution in [0, 0.1) is 0 Å². The Balaban J connectivity index is 2.36. The molecule has 2 aromatic rings. The summed E-state index contributed by atoms with van der Waals surface area (Å²) < 4.78 is 6.67. The van der Waals surface area contributed by atoms with Gasteiger partial charge in [-0.2, -0.15) is 0 Å². The van der Waals surface area contributed by atoms with E-state index >= 15 is 0 Å². The molecule has 17 heavy (non-hydrogen) atoms. The fourth-order valence-electron chi connectivity index (χ4n) is 1.50. The SMILES string of the molecule is COc1cncc(C(O)c2ncc(Cl)n2C)c1. The summed E-state index contributed by atoms with van der Waals surface area (Å²) in [7, 11) is 3.28. The Morgan fingerprint density at radius 1 is 1.41 bits per heavy atom.